The maximum atomic E-state index is 13.5. The van der Waals surface area contributed by atoms with Gasteiger partial charge in [-0.3, -0.25) is 0 Å². The number of nitrogens with zero attached hydrogens (tertiary/aromatic N) is 2. The molecule has 0 radical (unpaired) electrons. The van der Waals surface area contributed by atoms with Gasteiger partial charge in [-0.15, -0.1) is 0 Å². The Morgan fingerprint density at radius 3 is 2.06 bits per heavy atom. The Bertz CT molecular complexity index is 1310. The van der Waals surface area contributed by atoms with Gasteiger partial charge in [0, 0.05) is 18.1 Å². The van der Waals surface area contributed by atoms with E-state index in [9.17, 15) is 16.8 Å². The molecule has 1 saturated heterocycles. The van der Waals surface area contributed by atoms with E-state index in [1.165, 1.54) is 36.4 Å². The number of thiazole rings is 1. The first-order valence-corrected chi connectivity index (χ1v) is 14.0. The number of aromatic nitrogens is 1. The second-order valence-corrected chi connectivity index (χ2v) is 12.9. The van der Waals surface area contributed by atoms with E-state index in [2.05, 4.69) is 4.98 Å². The van der Waals surface area contributed by atoms with Gasteiger partial charge in [0.1, 0.15) is 5.00 Å². The van der Waals surface area contributed by atoms with Crippen molar-refractivity contribution in [1.82, 2.24) is 4.98 Å². The second-order valence-electron chi connectivity index (χ2n) is 7.53. The van der Waals surface area contributed by atoms with Gasteiger partial charge in [-0.1, -0.05) is 41.1 Å². The molecule has 0 saturated carbocycles. The van der Waals surface area contributed by atoms with Crippen LogP contribution in [0.5, 0.6) is 0 Å². The molecule has 2 atom stereocenters. The maximum absolute atomic E-state index is 13.5. The number of benzene rings is 2. The Kier molecular flexibility index (Phi) is 6.34. The van der Waals surface area contributed by atoms with Crippen molar-refractivity contribution in [2.45, 2.75) is 45.2 Å². The lowest BCUT2D eigenvalue weighted by Crippen LogP contribution is -2.45. The highest BCUT2D eigenvalue weighted by Gasteiger charge is 2.35. The van der Waals surface area contributed by atoms with Gasteiger partial charge < -0.3 is 9.64 Å². The van der Waals surface area contributed by atoms with E-state index in [1.807, 2.05) is 18.7 Å². The Morgan fingerprint density at radius 1 is 0.906 bits per heavy atom. The van der Waals surface area contributed by atoms with Crippen LogP contribution in [0.3, 0.4) is 0 Å². The van der Waals surface area contributed by atoms with Crippen molar-refractivity contribution < 1.29 is 21.6 Å². The number of hydrogen-bond donors (Lipinski definition) is 0. The quantitative estimate of drug-likeness (QED) is 0.508. The van der Waals surface area contributed by atoms with Crippen LogP contribution < -0.4 is 4.90 Å². The lowest BCUT2D eigenvalue weighted by atomic mass is 10.2. The molecule has 32 heavy (non-hydrogen) atoms. The summed E-state index contributed by atoms with van der Waals surface area (Å²) >= 11 is 6.78. The van der Waals surface area contributed by atoms with Crippen LogP contribution in [0.1, 0.15) is 13.8 Å². The molecule has 1 aliphatic rings. The third-order valence-corrected chi connectivity index (χ3v) is 10.3. The number of halogens is 1. The zero-order chi connectivity index (χ0) is 23.1. The lowest BCUT2D eigenvalue weighted by molar-refractivity contribution is -0.00517. The minimum atomic E-state index is -4.10. The number of ether oxygens (including phenoxy) is 1. The molecular weight excluding hydrogens is 492 g/mol. The highest BCUT2D eigenvalue weighted by molar-refractivity contribution is 7.94. The molecule has 170 valence electrons. The molecule has 3 aromatic rings. The van der Waals surface area contributed by atoms with Crippen molar-refractivity contribution in [3.05, 3.63) is 59.6 Å². The normalized spacial score (nSPS) is 19.8. The molecule has 2 heterocycles. The van der Waals surface area contributed by atoms with Gasteiger partial charge in [-0.25, -0.2) is 21.8 Å². The molecule has 2 aromatic carbocycles. The van der Waals surface area contributed by atoms with E-state index in [-0.39, 0.29) is 36.4 Å². The standard InChI is InChI=1S/C21H21ClN2O5S3/c1-14-12-24(13-15(2)29-14)20-19(31(25,26)18-10-8-16(22)9-11-18)23-21(30-20)32(27,28)17-6-4-3-5-7-17/h3-11,14-15H,12-13H2,1-2H3/t14-,15-/m0/s1. The van der Waals surface area contributed by atoms with Gasteiger partial charge in [0.05, 0.1) is 22.0 Å². The lowest BCUT2D eigenvalue weighted by Gasteiger charge is -2.36. The molecule has 0 unspecified atom stereocenters. The minimum Gasteiger partial charge on any atom is -0.372 e. The van der Waals surface area contributed by atoms with Gasteiger partial charge in [-0.05, 0) is 50.2 Å². The molecular formula is C21H21ClN2O5S3. The van der Waals surface area contributed by atoms with Crippen LogP contribution in [0, 0.1) is 0 Å². The van der Waals surface area contributed by atoms with E-state index in [1.54, 1.807) is 18.2 Å². The van der Waals surface area contributed by atoms with E-state index in [4.69, 9.17) is 16.3 Å². The third-order valence-electron chi connectivity index (χ3n) is 4.93. The van der Waals surface area contributed by atoms with Crippen LogP contribution in [0.2, 0.25) is 5.02 Å². The van der Waals surface area contributed by atoms with Gasteiger partial charge in [0.15, 0.2) is 5.03 Å². The minimum absolute atomic E-state index is 0.00790. The van der Waals surface area contributed by atoms with Crippen LogP contribution in [0.15, 0.2) is 73.8 Å². The van der Waals surface area contributed by atoms with E-state index < -0.39 is 19.7 Å². The van der Waals surface area contributed by atoms with Gasteiger partial charge >= 0.3 is 0 Å². The summed E-state index contributed by atoms with van der Waals surface area (Å²) in [4.78, 5) is 6.06. The first-order valence-electron chi connectivity index (χ1n) is 9.81. The van der Waals surface area contributed by atoms with Crippen LogP contribution in [-0.4, -0.2) is 47.1 Å². The predicted octanol–water partition coefficient (Wildman–Crippen LogP) is 4.08. The molecule has 7 nitrogen and oxygen atoms in total. The topological polar surface area (TPSA) is 93.6 Å². The van der Waals surface area contributed by atoms with Crippen LogP contribution in [-0.2, 0) is 24.4 Å². The Hall–Kier alpha value is -1.98. The highest BCUT2D eigenvalue weighted by Crippen LogP contribution is 2.40. The summed E-state index contributed by atoms with van der Waals surface area (Å²) < 4.78 is 58.9. The Labute approximate surface area is 196 Å². The van der Waals surface area contributed by atoms with Crippen LogP contribution in [0.25, 0.3) is 0 Å². The summed E-state index contributed by atoms with van der Waals surface area (Å²) in [5.74, 6) is 0. The number of sulfone groups is 2. The van der Waals surface area contributed by atoms with Gasteiger partial charge in [0.25, 0.3) is 0 Å². The van der Waals surface area contributed by atoms with E-state index in [0.29, 0.717) is 18.1 Å². The first-order chi connectivity index (χ1) is 15.1. The zero-order valence-corrected chi connectivity index (χ0v) is 20.5. The van der Waals surface area contributed by atoms with Crippen molar-refractivity contribution in [2.75, 3.05) is 18.0 Å². The van der Waals surface area contributed by atoms with Crippen molar-refractivity contribution >= 4 is 47.6 Å². The molecule has 0 N–H and O–H groups in total. The van der Waals surface area contributed by atoms with E-state index in [0.717, 1.165) is 11.3 Å². The molecule has 4 rings (SSSR count). The summed E-state index contributed by atoms with van der Waals surface area (Å²) in [6.07, 6.45) is -0.303. The number of rotatable bonds is 5. The molecule has 0 bridgehead atoms. The number of hydrogen-bond acceptors (Lipinski definition) is 8. The Balaban J connectivity index is 1.89. The van der Waals surface area contributed by atoms with Crippen molar-refractivity contribution in [2.24, 2.45) is 0 Å². The molecule has 0 aliphatic carbocycles. The van der Waals surface area contributed by atoms with Crippen molar-refractivity contribution in [3.8, 4) is 0 Å². The molecule has 1 fully saturated rings. The van der Waals surface area contributed by atoms with Crippen molar-refractivity contribution in [3.63, 3.8) is 0 Å². The molecule has 11 heteroatoms. The monoisotopic (exact) mass is 512 g/mol. The van der Waals surface area contributed by atoms with Crippen LogP contribution >= 0.6 is 22.9 Å². The summed E-state index contributed by atoms with van der Waals surface area (Å²) in [7, 11) is -8.09. The SMILES string of the molecule is C[C@H]1CN(c2sc(S(=O)(=O)c3ccccc3)nc2S(=O)(=O)c2ccc(Cl)cc2)C[C@H](C)O1. The van der Waals surface area contributed by atoms with E-state index >= 15 is 0 Å². The summed E-state index contributed by atoms with van der Waals surface area (Å²) in [6.45, 7) is 4.61. The average molecular weight is 513 g/mol. The molecule has 1 aliphatic heterocycles. The fourth-order valence-corrected chi connectivity index (χ4v) is 8.13. The molecule has 0 spiro atoms. The summed E-state index contributed by atoms with van der Waals surface area (Å²) in [6, 6.07) is 13.6. The summed E-state index contributed by atoms with van der Waals surface area (Å²) in [5.41, 5.74) is 0. The van der Waals surface area contributed by atoms with Crippen molar-refractivity contribution in [1.29, 1.82) is 0 Å². The maximum Gasteiger partial charge on any atom is 0.233 e. The zero-order valence-electron chi connectivity index (χ0n) is 17.3. The largest absolute Gasteiger partial charge is 0.372 e. The van der Waals surface area contributed by atoms with Gasteiger partial charge in [0.2, 0.25) is 24.0 Å². The molecule has 0 amide bonds. The summed E-state index contributed by atoms with van der Waals surface area (Å²) in [5, 5.41) is 0.405. The average Bonchev–Trinajstić information content (AvgIpc) is 3.21. The second kappa shape index (κ2) is 8.75. The fraction of sp³-hybridized carbons (Fsp3) is 0.286. The third kappa shape index (κ3) is 4.42. The smallest absolute Gasteiger partial charge is 0.233 e. The predicted molar refractivity (Wildman–Crippen MR) is 123 cm³/mol. The fourth-order valence-electron chi connectivity index (χ4n) is 3.54. The molecule has 1 aromatic heterocycles. The Morgan fingerprint density at radius 2 is 1.47 bits per heavy atom. The highest BCUT2D eigenvalue weighted by atomic mass is 35.5. The first kappa shape index (κ1) is 23.2. The number of morpholine rings is 1. The van der Waals surface area contributed by atoms with Gasteiger partial charge in [-0.2, -0.15) is 0 Å². The number of anilines is 1. The van der Waals surface area contributed by atoms with Crippen LogP contribution in [0.4, 0.5) is 5.00 Å².